The standard InChI is InChI=1S/C23H25N3O5S/c1-14-12-17-20(31-15(2)22(27)24-17)13-21(14)32(29,30)26-10-5-8-19(26)23(28)25-11-9-16-6-3-4-7-18(16)25/h3-4,6-7,12-13,15,19H,5,8-11H2,1-2H3,(H,24,27)/t15-,19-/m1/s1. The third kappa shape index (κ3) is 3.27. The van der Waals surface area contributed by atoms with Gasteiger partial charge in [-0.25, -0.2) is 8.42 Å². The molecule has 0 spiro atoms. The number of carbonyl (C=O) groups excluding carboxylic acids is 2. The Morgan fingerprint density at radius 3 is 2.78 bits per heavy atom. The molecule has 0 aliphatic carbocycles. The summed E-state index contributed by atoms with van der Waals surface area (Å²) >= 11 is 0. The minimum absolute atomic E-state index is 0.0983. The van der Waals surface area contributed by atoms with E-state index in [9.17, 15) is 18.0 Å². The molecule has 1 N–H and O–H groups in total. The van der Waals surface area contributed by atoms with Crippen LogP contribution in [0.25, 0.3) is 0 Å². The number of ether oxygens (including phenoxy) is 1. The highest BCUT2D eigenvalue weighted by Gasteiger charge is 2.43. The number of benzene rings is 2. The van der Waals surface area contributed by atoms with Gasteiger partial charge in [-0.3, -0.25) is 9.59 Å². The maximum Gasteiger partial charge on any atom is 0.265 e. The summed E-state index contributed by atoms with van der Waals surface area (Å²) in [6, 6.07) is 10.1. The number of carbonyl (C=O) groups is 2. The molecule has 1 fully saturated rings. The highest BCUT2D eigenvalue weighted by molar-refractivity contribution is 7.89. The van der Waals surface area contributed by atoms with Gasteiger partial charge in [0.05, 0.1) is 10.6 Å². The number of amides is 2. The van der Waals surface area contributed by atoms with Crippen molar-refractivity contribution >= 4 is 33.2 Å². The molecule has 2 aromatic rings. The average Bonchev–Trinajstić information content (AvgIpc) is 3.42. The predicted molar refractivity (Wildman–Crippen MR) is 119 cm³/mol. The van der Waals surface area contributed by atoms with Gasteiger partial charge in [0.25, 0.3) is 5.91 Å². The number of anilines is 2. The van der Waals surface area contributed by atoms with E-state index in [1.54, 1.807) is 24.8 Å². The summed E-state index contributed by atoms with van der Waals surface area (Å²) in [6.45, 7) is 4.14. The van der Waals surface area contributed by atoms with Crippen molar-refractivity contribution in [2.75, 3.05) is 23.3 Å². The monoisotopic (exact) mass is 455 g/mol. The van der Waals surface area contributed by atoms with Crippen molar-refractivity contribution in [1.29, 1.82) is 0 Å². The summed E-state index contributed by atoms with van der Waals surface area (Å²) < 4.78 is 34.3. The number of nitrogens with zero attached hydrogens (tertiary/aromatic N) is 2. The van der Waals surface area contributed by atoms with Gasteiger partial charge in [0, 0.05) is 24.8 Å². The van der Waals surface area contributed by atoms with Crippen LogP contribution in [0.3, 0.4) is 0 Å². The first-order valence-corrected chi connectivity index (χ1v) is 12.2. The van der Waals surface area contributed by atoms with Gasteiger partial charge in [-0.2, -0.15) is 4.31 Å². The van der Waals surface area contributed by atoms with Gasteiger partial charge in [-0.15, -0.1) is 0 Å². The maximum absolute atomic E-state index is 13.7. The van der Waals surface area contributed by atoms with Crippen LogP contribution < -0.4 is 15.0 Å². The van der Waals surface area contributed by atoms with E-state index >= 15 is 0 Å². The first-order valence-electron chi connectivity index (χ1n) is 10.8. The highest BCUT2D eigenvalue weighted by Crippen LogP contribution is 2.38. The van der Waals surface area contributed by atoms with E-state index in [-0.39, 0.29) is 16.7 Å². The minimum atomic E-state index is -3.94. The Morgan fingerprint density at radius 1 is 1.19 bits per heavy atom. The Labute approximate surface area is 187 Å². The van der Waals surface area contributed by atoms with Gasteiger partial charge in [0.2, 0.25) is 15.9 Å². The molecule has 2 atom stereocenters. The normalized spacial score (nSPS) is 22.8. The number of sulfonamides is 1. The molecule has 0 saturated carbocycles. The number of aryl methyl sites for hydroxylation is 1. The lowest BCUT2D eigenvalue weighted by Gasteiger charge is -2.29. The third-order valence-corrected chi connectivity index (χ3v) is 8.49. The van der Waals surface area contributed by atoms with Crippen molar-refractivity contribution in [1.82, 2.24) is 4.31 Å². The lowest BCUT2D eigenvalue weighted by Crippen LogP contribution is -2.47. The fourth-order valence-electron chi connectivity index (χ4n) is 4.77. The van der Waals surface area contributed by atoms with E-state index in [0.29, 0.717) is 42.9 Å². The molecule has 3 heterocycles. The SMILES string of the molecule is Cc1cc2c(cc1S(=O)(=O)N1CCC[C@@H]1C(=O)N1CCc3ccccc31)O[C@H](C)C(=O)N2. The third-order valence-electron chi connectivity index (χ3n) is 6.44. The zero-order chi connectivity index (χ0) is 22.6. The van der Waals surface area contributed by atoms with Crippen molar-refractivity contribution in [2.45, 2.75) is 50.2 Å². The number of hydrogen-bond donors (Lipinski definition) is 1. The Kier molecular flexibility index (Phi) is 4.98. The first kappa shape index (κ1) is 21.0. The highest BCUT2D eigenvalue weighted by atomic mass is 32.2. The fraction of sp³-hybridized carbons (Fsp3) is 0.391. The Morgan fingerprint density at radius 2 is 1.97 bits per heavy atom. The van der Waals surface area contributed by atoms with Crippen molar-refractivity contribution in [3.05, 3.63) is 47.5 Å². The molecule has 2 aromatic carbocycles. The summed E-state index contributed by atoms with van der Waals surface area (Å²) in [5.74, 6) is -0.135. The van der Waals surface area contributed by atoms with Gasteiger partial charge in [-0.1, -0.05) is 18.2 Å². The molecular weight excluding hydrogens is 430 g/mol. The van der Waals surface area contributed by atoms with E-state index in [1.165, 1.54) is 10.4 Å². The van der Waals surface area contributed by atoms with Crippen molar-refractivity contribution in [3.63, 3.8) is 0 Å². The van der Waals surface area contributed by atoms with E-state index in [0.717, 1.165) is 17.7 Å². The molecule has 3 aliphatic rings. The van der Waals surface area contributed by atoms with Crippen LogP contribution >= 0.6 is 0 Å². The topological polar surface area (TPSA) is 96.0 Å². The van der Waals surface area contributed by atoms with Crippen molar-refractivity contribution in [2.24, 2.45) is 0 Å². The van der Waals surface area contributed by atoms with Crippen molar-refractivity contribution < 1.29 is 22.7 Å². The van der Waals surface area contributed by atoms with Gasteiger partial charge < -0.3 is 15.0 Å². The molecule has 0 radical (unpaired) electrons. The van der Waals surface area contributed by atoms with Crippen LogP contribution in [0.15, 0.2) is 41.3 Å². The largest absolute Gasteiger partial charge is 0.479 e. The summed E-state index contributed by atoms with van der Waals surface area (Å²) in [5.41, 5.74) is 2.91. The molecule has 5 rings (SSSR count). The number of hydrogen-bond acceptors (Lipinski definition) is 5. The van der Waals surface area contributed by atoms with Gasteiger partial charge in [0.15, 0.2) is 6.10 Å². The zero-order valence-electron chi connectivity index (χ0n) is 18.0. The second kappa shape index (κ2) is 7.60. The molecule has 32 heavy (non-hydrogen) atoms. The molecule has 3 aliphatic heterocycles. The van der Waals surface area contributed by atoms with E-state index in [4.69, 9.17) is 4.74 Å². The molecule has 168 valence electrons. The molecule has 2 amide bonds. The molecular formula is C23H25N3O5S. The fourth-order valence-corrected chi connectivity index (χ4v) is 6.64. The summed E-state index contributed by atoms with van der Waals surface area (Å²) in [6.07, 6.45) is 1.17. The second-order valence-corrected chi connectivity index (χ2v) is 10.4. The van der Waals surface area contributed by atoms with E-state index < -0.39 is 22.2 Å². The van der Waals surface area contributed by atoms with Crippen molar-refractivity contribution in [3.8, 4) is 5.75 Å². The Hall–Kier alpha value is -2.91. The van der Waals surface area contributed by atoms with Crippen LogP contribution in [-0.4, -0.2) is 49.8 Å². The number of fused-ring (bicyclic) bond motifs is 2. The predicted octanol–water partition coefficient (Wildman–Crippen LogP) is 2.46. The number of rotatable bonds is 3. The quantitative estimate of drug-likeness (QED) is 0.767. The summed E-state index contributed by atoms with van der Waals surface area (Å²) in [5, 5.41) is 2.74. The Bertz CT molecular complexity index is 1230. The number of para-hydroxylation sites is 1. The molecule has 0 aromatic heterocycles. The lowest BCUT2D eigenvalue weighted by atomic mass is 10.1. The van der Waals surface area contributed by atoms with E-state index in [1.807, 2.05) is 24.3 Å². The Balaban J connectivity index is 1.47. The first-order chi connectivity index (χ1) is 15.3. The van der Waals surface area contributed by atoms with Crippen LogP contribution in [0.5, 0.6) is 5.75 Å². The maximum atomic E-state index is 13.7. The molecule has 9 heteroatoms. The zero-order valence-corrected chi connectivity index (χ0v) is 18.8. The smallest absolute Gasteiger partial charge is 0.265 e. The van der Waals surface area contributed by atoms with Crippen LogP contribution in [0.1, 0.15) is 30.9 Å². The van der Waals surface area contributed by atoms with Gasteiger partial charge in [-0.05, 0) is 56.4 Å². The van der Waals surface area contributed by atoms with Gasteiger partial charge in [0.1, 0.15) is 11.8 Å². The summed E-state index contributed by atoms with van der Waals surface area (Å²) in [4.78, 5) is 27.1. The second-order valence-electron chi connectivity index (χ2n) is 8.51. The lowest BCUT2D eigenvalue weighted by molar-refractivity contribution is -0.123. The van der Waals surface area contributed by atoms with Crippen LogP contribution in [0, 0.1) is 6.92 Å². The van der Waals surface area contributed by atoms with Crippen LogP contribution in [0.2, 0.25) is 0 Å². The molecule has 0 bridgehead atoms. The van der Waals surface area contributed by atoms with E-state index in [2.05, 4.69) is 5.32 Å². The molecule has 0 unspecified atom stereocenters. The summed E-state index contributed by atoms with van der Waals surface area (Å²) in [7, 11) is -3.94. The van der Waals surface area contributed by atoms with Crippen LogP contribution in [0.4, 0.5) is 11.4 Å². The van der Waals surface area contributed by atoms with Gasteiger partial charge >= 0.3 is 0 Å². The minimum Gasteiger partial charge on any atom is -0.479 e. The van der Waals surface area contributed by atoms with Crippen LogP contribution in [-0.2, 0) is 26.0 Å². The number of nitrogens with one attached hydrogen (secondary N) is 1. The average molecular weight is 456 g/mol. The molecule has 1 saturated heterocycles. The molecule has 8 nitrogen and oxygen atoms in total.